The first-order chi connectivity index (χ1) is 10.7. The molecular weight excluding hydrogens is 283 g/mol. The van der Waals surface area contributed by atoms with Gasteiger partial charge in [0.25, 0.3) is 0 Å². The van der Waals surface area contributed by atoms with Crippen LogP contribution in [0.1, 0.15) is 31.2 Å². The first-order valence-electron chi connectivity index (χ1n) is 7.64. The van der Waals surface area contributed by atoms with Crippen molar-refractivity contribution in [2.24, 2.45) is 0 Å². The van der Waals surface area contributed by atoms with Crippen LogP contribution in [0, 0.1) is 5.82 Å². The van der Waals surface area contributed by atoms with Gasteiger partial charge in [-0.15, -0.1) is 0 Å². The first kappa shape index (κ1) is 13.5. The second-order valence-electron chi connectivity index (χ2n) is 5.87. The molecule has 4 rings (SSSR count). The molecule has 0 aliphatic carbocycles. The molecule has 1 aromatic carbocycles. The summed E-state index contributed by atoms with van der Waals surface area (Å²) in [6.45, 7) is 0.903. The third-order valence-electron chi connectivity index (χ3n) is 4.48. The highest BCUT2D eigenvalue weighted by molar-refractivity contribution is 5.84. The fraction of sp³-hybridized carbons (Fsp3) is 0.353. The van der Waals surface area contributed by atoms with Crippen LogP contribution in [0.3, 0.4) is 0 Å². The lowest BCUT2D eigenvalue weighted by Gasteiger charge is -2.30. The summed E-state index contributed by atoms with van der Waals surface area (Å²) >= 11 is 0. The molecule has 1 N–H and O–H groups in total. The number of nitrogens with zero attached hydrogens (tertiary/aromatic N) is 1. The minimum absolute atomic E-state index is 0.0295. The van der Waals surface area contributed by atoms with Crippen molar-refractivity contribution >= 4 is 5.91 Å². The number of piperidine rings is 1. The van der Waals surface area contributed by atoms with Gasteiger partial charge in [0.1, 0.15) is 23.5 Å². The van der Waals surface area contributed by atoms with Crippen LogP contribution < -0.4 is 5.32 Å². The smallest absolute Gasteiger partial charge is 0.239 e. The maximum absolute atomic E-state index is 13.0. The van der Waals surface area contributed by atoms with Crippen molar-refractivity contribution in [3.63, 3.8) is 0 Å². The summed E-state index contributed by atoms with van der Waals surface area (Å²) in [6.07, 6.45) is 2.92. The Morgan fingerprint density at radius 2 is 1.95 bits per heavy atom. The molecule has 2 atom stereocenters. The summed E-state index contributed by atoms with van der Waals surface area (Å²) in [5, 5.41) is 3.02. The number of carbonyl (C=O) groups excluding carboxylic acids is 1. The van der Waals surface area contributed by atoms with Gasteiger partial charge in [0.2, 0.25) is 5.91 Å². The molecular formula is C17H17FN2O2. The second-order valence-corrected chi connectivity index (χ2v) is 5.87. The number of fused-ring (bicyclic) bond motifs is 1. The highest BCUT2D eigenvalue weighted by Gasteiger charge is 2.42. The average molecular weight is 300 g/mol. The zero-order chi connectivity index (χ0) is 15.1. The van der Waals surface area contributed by atoms with E-state index in [9.17, 15) is 9.18 Å². The standard InChI is InChI=1S/C17H17FN2O2/c18-12-6-4-11(5-7-12)14-8-9-15(22-14)16-19-17(21)13-3-1-2-10-20(13)16/h4-9,13,16H,1-3,10H2,(H,19,21). The van der Waals surface area contributed by atoms with Crippen LogP contribution in [0.15, 0.2) is 40.8 Å². The fourth-order valence-electron chi connectivity index (χ4n) is 3.36. The van der Waals surface area contributed by atoms with Crippen molar-refractivity contribution in [1.29, 1.82) is 0 Å². The van der Waals surface area contributed by atoms with Crippen molar-refractivity contribution in [3.8, 4) is 11.3 Å². The minimum Gasteiger partial charge on any atom is -0.457 e. The van der Waals surface area contributed by atoms with E-state index in [-0.39, 0.29) is 23.9 Å². The Hall–Kier alpha value is -2.14. The van der Waals surface area contributed by atoms with Crippen molar-refractivity contribution in [2.45, 2.75) is 31.5 Å². The fourth-order valence-corrected chi connectivity index (χ4v) is 3.36. The highest BCUT2D eigenvalue weighted by Crippen LogP contribution is 2.34. The largest absolute Gasteiger partial charge is 0.457 e. The molecule has 2 aliphatic heterocycles. The van der Waals surface area contributed by atoms with Gasteiger partial charge in [0.15, 0.2) is 0 Å². The third-order valence-corrected chi connectivity index (χ3v) is 4.48. The van der Waals surface area contributed by atoms with E-state index in [4.69, 9.17) is 4.42 Å². The van der Waals surface area contributed by atoms with Gasteiger partial charge in [-0.3, -0.25) is 9.69 Å². The van der Waals surface area contributed by atoms with E-state index in [0.29, 0.717) is 5.76 Å². The molecule has 0 spiro atoms. The molecule has 0 bridgehead atoms. The minimum atomic E-state index is -0.269. The van der Waals surface area contributed by atoms with Crippen LogP contribution in [0.25, 0.3) is 11.3 Å². The van der Waals surface area contributed by atoms with Gasteiger partial charge in [0.05, 0.1) is 6.04 Å². The maximum Gasteiger partial charge on any atom is 0.239 e. The average Bonchev–Trinajstić information content (AvgIpc) is 3.14. The van der Waals surface area contributed by atoms with Gasteiger partial charge in [-0.05, 0) is 49.2 Å². The number of furan rings is 1. The molecule has 3 heterocycles. The molecule has 1 aromatic heterocycles. The number of amides is 1. The van der Waals surface area contributed by atoms with Crippen LogP contribution in [-0.4, -0.2) is 23.4 Å². The van der Waals surface area contributed by atoms with E-state index < -0.39 is 0 Å². The number of benzene rings is 1. The van der Waals surface area contributed by atoms with Crippen LogP contribution in [0.2, 0.25) is 0 Å². The lowest BCUT2D eigenvalue weighted by atomic mass is 10.0. The van der Waals surface area contributed by atoms with Crippen LogP contribution in [0.4, 0.5) is 4.39 Å². The molecule has 2 saturated heterocycles. The van der Waals surface area contributed by atoms with Gasteiger partial charge in [-0.25, -0.2) is 4.39 Å². The third kappa shape index (κ3) is 2.22. The Balaban J connectivity index is 1.61. The predicted octanol–water partition coefficient (Wildman–Crippen LogP) is 3.07. The zero-order valence-electron chi connectivity index (χ0n) is 12.1. The van der Waals surface area contributed by atoms with Crippen LogP contribution in [-0.2, 0) is 4.79 Å². The molecule has 22 heavy (non-hydrogen) atoms. The zero-order valence-corrected chi connectivity index (χ0v) is 12.1. The van der Waals surface area contributed by atoms with Crippen molar-refractivity contribution in [3.05, 3.63) is 48.0 Å². The lowest BCUT2D eigenvalue weighted by molar-refractivity contribution is -0.122. The number of hydrogen-bond donors (Lipinski definition) is 1. The van der Waals surface area contributed by atoms with Gasteiger partial charge < -0.3 is 9.73 Å². The van der Waals surface area contributed by atoms with E-state index in [2.05, 4.69) is 10.2 Å². The lowest BCUT2D eigenvalue weighted by Crippen LogP contribution is -2.38. The van der Waals surface area contributed by atoms with E-state index >= 15 is 0 Å². The number of rotatable bonds is 2. The summed E-state index contributed by atoms with van der Waals surface area (Å²) in [6, 6.07) is 9.93. The Kier molecular flexibility index (Phi) is 3.22. The van der Waals surface area contributed by atoms with E-state index in [0.717, 1.165) is 37.1 Å². The molecule has 4 nitrogen and oxygen atoms in total. The van der Waals surface area contributed by atoms with E-state index in [1.54, 1.807) is 12.1 Å². The first-order valence-corrected chi connectivity index (χ1v) is 7.64. The SMILES string of the molecule is O=C1NC(c2ccc(-c3ccc(F)cc3)o2)N2CCCCC12. The van der Waals surface area contributed by atoms with Crippen LogP contribution in [0.5, 0.6) is 0 Å². The molecule has 2 aromatic rings. The van der Waals surface area contributed by atoms with Gasteiger partial charge in [0, 0.05) is 12.1 Å². The summed E-state index contributed by atoms with van der Waals surface area (Å²) in [7, 11) is 0. The molecule has 2 fully saturated rings. The van der Waals surface area contributed by atoms with Gasteiger partial charge in [-0.2, -0.15) is 0 Å². The number of hydrogen-bond acceptors (Lipinski definition) is 3. The highest BCUT2D eigenvalue weighted by atomic mass is 19.1. The summed E-state index contributed by atoms with van der Waals surface area (Å²) < 4.78 is 18.9. The molecule has 2 unspecified atom stereocenters. The Labute approximate surface area is 127 Å². The second kappa shape index (κ2) is 5.25. The monoisotopic (exact) mass is 300 g/mol. The molecule has 1 amide bonds. The summed E-state index contributed by atoms with van der Waals surface area (Å²) in [4.78, 5) is 14.3. The summed E-state index contributed by atoms with van der Waals surface area (Å²) in [5.41, 5.74) is 0.826. The van der Waals surface area contributed by atoms with E-state index in [1.807, 2.05) is 12.1 Å². The number of nitrogens with one attached hydrogen (secondary N) is 1. The molecule has 5 heteroatoms. The normalized spacial score (nSPS) is 25.0. The number of halogens is 1. The Morgan fingerprint density at radius 3 is 2.77 bits per heavy atom. The molecule has 0 radical (unpaired) electrons. The van der Waals surface area contributed by atoms with Crippen molar-refractivity contribution in [1.82, 2.24) is 10.2 Å². The van der Waals surface area contributed by atoms with Crippen LogP contribution >= 0.6 is 0 Å². The topological polar surface area (TPSA) is 45.5 Å². The predicted molar refractivity (Wildman–Crippen MR) is 79.3 cm³/mol. The maximum atomic E-state index is 13.0. The van der Waals surface area contributed by atoms with Crippen molar-refractivity contribution < 1.29 is 13.6 Å². The molecule has 2 aliphatic rings. The number of carbonyl (C=O) groups is 1. The Bertz CT molecular complexity index is 695. The van der Waals surface area contributed by atoms with Crippen molar-refractivity contribution in [2.75, 3.05) is 6.54 Å². The summed E-state index contributed by atoms with van der Waals surface area (Å²) in [5.74, 6) is 1.24. The van der Waals surface area contributed by atoms with E-state index in [1.165, 1.54) is 12.1 Å². The quantitative estimate of drug-likeness (QED) is 0.927. The van der Waals surface area contributed by atoms with Gasteiger partial charge in [-0.1, -0.05) is 6.42 Å². The Morgan fingerprint density at radius 1 is 1.14 bits per heavy atom. The van der Waals surface area contributed by atoms with Gasteiger partial charge >= 0.3 is 0 Å². The molecule has 0 saturated carbocycles. The molecule has 114 valence electrons.